The number of β-lactam (4-membered cyclic amide) rings is 1. The van der Waals surface area contributed by atoms with Gasteiger partial charge in [0.25, 0.3) is 0 Å². The van der Waals surface area contributed by atoms with Gasteiger partial charge in [-0.15, -0.1) is 0 Å². The molecule has 0 spiro atoms. The molecule has 0 aliphatic carbocycles. The summed E-state index contributed by atoms with van der Waals surface area (Å²) in [6.07, 6.45) is 5.08. The van der Waals surface area contributed by atoms with Crippen molar-refractivity contribution in [3.63, 3.8) is 0 Å². The molecule has 0 aromatic carbocycles. The molecular weight excluding hydrogens is 296 g/mol. The molecule has 3 heterocycles. The minimum Gasteiger partial charge on any atom is -0.543 e. The Morgan fingerprint density at radius 2 is 2.13 bits per heavy atom. The summed E-state index contributed by atoms with van der Waals surface area (Å²) in [7, 11) is 0. The Kier molecular flexibility index (Phi) is 4.17. The first-order valence-corrected chi connectivity index (χ1v) is 7.89. The molecule has 1 amide bonds. The van der Waals surface area contributed by atoms with Crippen molar-refractivity contribution >= 4 is 11.9 Å². The number of carboxylic acids is 1. The van der Waals surface area contributed by atoms with E-state index >= 15 is 0 Å². The average Bonchev–Trinajstić information content (AvgIpc) is 2.82. The Morgan fingerprint density at radius 3 is 2.74 bits per heavy atom. The first-order chi connectivity index (χ1) is 11.0. The highest BCUT2D eigenvalue weighted by molar-refractivity contribution is 5.98. The second kappa shape index (κ2) is 6.12. The summed E-state index contributed by atoms with van der Waals surface area (Å²) in [6, 6.07) is 5.60. The van der Waals surface area contributed by atoms with Crippen LogP contribution in [0, 0.1) is 5.92 Å². The van der Waals surface area contributed by atoms with E-state index in [0.29, 0.717) is 12.8 Å². The van der Waals surface area contributed by atoms with E-state index in [-0.39, 0.29) is 17.6 Å². The molecule has 1 fully saturated rings. The fourth-order valence-corrected chi connectivity index (χ4v) is 3.63. The maximum atomic E-state index is 12.1. The van der Waals surface area contributed by atoms with Crippen molar-refractivity contribution in [3.8, 4) is 0 Å². The lowest BCUT2D eigenvalue weighted by Gasteiger charge is -2.45. The average molecular weight is 316 g/mol. The molecule has 1 aromatic rings. The summed E-state index contributed by atoms with van der Waals surface area (Å²) in [4.78, 5) is 24.8. The van der Waals surface area contributed by atoms with Crippen LogP contribution in [-0.2, 0) is 16.1 Å². The Morgan fingerprint density at radius 1 is 1.43 bits per heavy atom. The highest BCUT2D eigenvalue weighted by Gasteiger charge is 2.54. The van der Waals surface area contributed by atoms with Gasteiger partial charge in [0.15, 0.2) is 12.4 Å². The number of pyridine rings is 1. The standard InChI is InChI=1S/C17H20N2O4/c1-11(20)14-13-10-12(15(17(22)23)19(13)16(14)21)6-5-9-18-7-3-2-4-8-18/h2-4,7-8,11,13-14,20H,5-6,9-10H2,1H3/t11-,13-,14-/m1/s1. The van der Waals surface area contributed by atoms with Gasteiger partial charge in [0.2, 0.25) is 5.91 Å². The number of nitrogens with zero attached hydrogens (tertiary/aromatic N) is 2. The van der Waals surface area contributed by atoms with Gasteiger partial charge in [-0.2, -0.15) is 0 Å². The number of aliphatic carboxylic acids is 1. The molecule has 0 bridgehead atoms. The molecule has 2 aliphatic heterocycles. The van der Waals surface area contributed by atoms with E-state index in [2.05, 4.69) is 0 Å². The second-order valence-corrected chi connectivity index (χ2v) is 6.20. The van der Waals surface area contributed by atoms with Gasteiger partial charge in [-0.25, -0.2) is 4.57 Å². The van der Waals surface area contributed by atoms with Crippen molar-refractivity contribution in [3.05, 3.63) is 41.9 Å². The molecule has 0 radical (unpaired) electrons. The fraction of sp³-hybridized carbons (Fsp3) is 0.471. The van der Waals surface area contributed by atoms with E-state index in [1.807, 2.05) is 35.2 Å². The minimum atomic E-state index is -1.30. The summed E-state index contributed by atoms with van der Waals surface area (Å²) in [5, 5.41) is 21.1. The molecule has 1 aromatic heterocycles. The number of hydrogen-bond acceptors (Lipinski definition) is 4. The van der Waals surface area contributed by atoms with Gasteiger partial charge in [-0.05, 0) is 25.3 Å². The van der Waals surface area contributed by atoms with Crippen LogP contribution < -0.4 is 9.67 Å². The van der Waals surface area contributed by atoms with Crippen LogP contribution in [0.1, 0.15) is 26.2 Å². The number of carboxylic acid groups (broad SMARTS) is 1. The van der Waals surface area contributed by atoms with Crippen LogP contribution in [0.4, 0.5) is 0 Å². The Labute approximate surface area is 134 Å². The van der Waals surface area contributed by atoms with Crippen LogP contribution >= 0.6 is 0 Å². The molecule has 6 heteroatoms. The molecule has 3 rings (SSSR count). The molecule has 23 heavy (non-hydrogen) atoms. The molecule has 1 saturated heterocycles. The van der Waals surface area contributed by atoms with E-state index in [4.69, 9.17) is 0 Å². The van der Waals surface area contributed by atoms with Crippen molar-refractivity contribution in [2.24, 2.45) is 5.92 Å². The van der Waals surface area contributed by atoms with Crippen molar-refractivity contribution in [2.45, 2.75) is 44.9 Å². The Balaban J connectivity index is 1.69. The molecular formula is C17H20N2O4. The van der Waals surface area contributed by atoms with Gasteiger partial charge in [-0.1, -0.05) is 6.07 Å². The number of hydrogen-bond donors (Lipinski definition) is 1. The van der Waals surface area contributed by atoms with E-state index in [1.165, 1.54) is 4.90 Å². The number of aliphatic hydroxyl groups is 1. The van der Waals surface area contributed by atoms with Gasteiger partial charge < -0.3 is 19.9 Å². The SMILES string of the molecule is C[C@@H](O)[C@H]1C(=O)N2C(C(=O)[O-])=C(CCC[n+]3ccccc3)C[C@H]12. The van der Waals surface area contributed by atoms with Crippen LogP contribution in [-0.4, -0.2) is 34.0 Å². The number of rotatable bonds is 6. The number of carbonyl (C=O) groups excluding carboxylic acids is 2. The first kappa shape index (κ1) is 15.7. The number of carbonyl (C=O) groups is 2. The van der Waals surface area contributed by atoms with E-state index in [0.717, 1.165) is 18.5 Å². The van der Waals surface area contributed by atoms with E-state index in [1.54, 1.807) is 6.92 Å². The smallest absolute Gasteiger partial charge is 0.235 e. The molecule has 122 valence electrons. The lowest BCUT2D eigenvalue weighted by atomic mass is 9.83. The third-order valence-corrected chi connectivity index (χ3v) is 4.69. The number of fused-ring (bicyclic) bond motifs is 1. The monoisotopic (exact) mass is 316 g/mol. The number of aromatic nitrogens is 1. The second-order valence-electron chi connectivity index (χ2n) is 6.20. The van der Waals surface area contributed by atoms with Crippen molar-refractivity contribution in [1.82, 2.24) is 4.90 Å². The molecule has 2 aliphatic rings. The summed E-state index contributed by atoms with van der Waals surface area (Å²) in [5.41, 5.74) is 0.776. The molecule has 1 N–H and O–H groups in total. The Bertz CT molecular complexity index is 654. The van der Waals surface area contributed by atoms with Crippen LogP contribution in [0.25, 0.3) is 0 Å². The highest BCUT2D eigenvalue weighted by Crippen LogP contribution is 2.44. The van der Waals surface area contributed by atoms with Crippen molar-refractivity contribution in [1.29, 1.82) is 0 Å². The largest absolute Gasteiger partial charge is 0.543 e. The minimum absolute atomic E-state index is 0.0231. The zero-order chi connectivity index (χ0) is 16.6. The summed E-state index contributed by atoms with van der Waals surface area (Å²) >= 11 is 0. The molecule has 6 nitrogen and oxygen atoms in total. The molecule has 0 unspecified atom stereocenters. The number of aliphatic hydroxyl groups excluding tert-OH is 1. The topological polar surface area (TPSA) is 84.5 Å². The van der Waals surface area contributed by atoms with Crippen LogP contribution in [0.2, 0.25) is 0 Å². The number of amides is 1. The quantitative estimate of drug-likeness (QED) is 0.559. The zero-order valence-electron chi connectivity index (χ0n) is 13.0. The maximum absolute atomic E-state index is 12.1. The fourth-order valence-electron chi connectivity index (χ4n) is 3.63. The maximum Gasteiger partial charge on any atom is 0.235 e. The van der Waals surface area contributed by atoms with Gasteiger partial charge in [0.05, 0.1) is 29.7 Å². The first-order valence-electron chi connectivity index (χ1n) is 7.89. The summed E-state index contributed by atoms with van der Waals surface area (Å²) in [6.45, 7) is 2.35. The summed E-state index contributed by atoms with van der Waals surface area (Å²) in [5.74, 6) is -2.10. The van der Waals surface area contributed by atoms with Gasteiger partial charge in [0.1, 0.15) is 6.54 Å². The third-order valence-electron chi connectivity index (χ3n) is 4.69. The normalized spacial score (nSPS) is 24.4. The van der Waals surface area contributed by atoms with E-state index < -0.39 is 18.0 Å². The van der Waals surface area contributed by atoms with Crippen LogP contribution in [0.3, 0.4) is 0 Å². The zero-order valence-corrected chi connectivity index (χ0v) is 13.0. The lowest BCUT2D eigenvalue weighted by molar-refractivity contribution is -0.697. The van der Waals surface area contributed by atoms with Crippen LogP contribution in [0.5, 0.6) is 0 Å². The molecule has 3 atom stereocenters. The van der Waals surface area contributed by atoms with Gasteiger partial charge >= 0.3 is 0 Å². The number of aryl methyl sites for hydroxylation is 1. The lowest BCUT2D eigenvalue weighted by Crippen LogP contribution is -2.62. The Hall–Kier alpha value is -2.21. The van der Waals surface area contributed by atoms with Crippen molar-refractivity contribution in [2.75, 3.05) is 0 Å². The highest BCUT2D eigenvalue weighted by atomic mass is 16.4. The predicted octanol–water partition coefficient (Wildman–Crippen LogP) is -0.630. The van der Waals surface area contributed by atoms with Gasteiger partial charge in [0, 0.05) is 18.6 Å². The van der Waals surface area contributed by atoms with Crippen LogP contribution in [0.15, 0.2) is 41.9 Å². The summed E-state index contributed by atoms with van der Waals surface area (Å²) < 4.78 is 2.03. The molecule has 0 saturated carbocycles. The predicted molar refractivity (Wildman–Crippen MR) is 78.3 cm³/mol. The van der Waals surface area contributed by atoms with Crippen molar-refractivity contribution < 1.29 is 24.4 Å². The third kappa shape index (κ3) is 2.74. The van der Waals surface area contributed by atoms with Gasteiger partial charge in [-0.3, -0.25) is 4.79 Å². The van der Waals surface area contributed by atoms with E-state index in [9.17, 15) is 19.8 Å².